The maximum Gasteiger partial charge on any atom is 0.220 e. The van der Waals surface area contributed by atoms with Crippen molar-refractivity contribution in [1.29, 1.82) is 0 Å². The van der Waals surface area contributed by atoms with Gasteiger partial charge >= 0.3 is 0 Å². The second-order valence-corrected chi connectivity index (χ2v) is 36.6. The lowest BCUT2D eigenvalue weighted by Gasteiger charge is -2.50. The number of hydrogen-bond acceptors (Lipinski definition) is 43. The van der Waals surface area contributed by atoms with E-state index in [1.807, 2.05) is 6.08 Å². The topological polar surface area (TPSA) is 703 Å². The highest BCUT2D eigenvalue weighted by Gasteiger charge is 2.60. The average molecular weight is 1950 g/mol. The summed E-state index contributed by atoms with van der Waals surface area (Å²) in [5.41, 5.74) is 0. The Morgan fingerprint density at radius 2 is 0.493 bits per heavy atom. The number of amides is 1. The summed E-state index contributed by atoms with van der Waals surface area (Å²) in [6, 6.07) is -1.09. The summed E-state index contributed by atoms with van der Waals surface area (Å²) in [6.07, 6.45) is -39.9. The molecule has 8 aliphatic rings. The van der Waals surface area contributed by atoms with Crippen molar-refractivity contribution >= 4 is 5.91 Å². The number of carbonyl (C=O) groups excluding carboxylic acids is 1. The van der Waals surface area contributed by atoms with Crippen molar-refractivity contribution in [2.24, 2.45) is 0 Å². The summed E-state index contributed by atoms with van der Waals surface area (Å²) in [7, 11) is 0. The van der Waals surface area contributed by atoms with Crippen LogP contribution in [0.15, 0.2) is 24.3 Å². The van der Waals surface area contributed by atoms with E-state index >= 15 is 0 Å². The van der Waals surface area contributed by atoms with Gasteiger partial charge in [0, 0.05) is 6.42 Å². The summed E-state index contributed by atoms with van der Waals surface area (Å²) in [5, 5.41) is 293. The summed E-state index contributed by atoms with van der Waals surface area (Å²) < 4.78 is 92.4. The predicted molar refractivity (Wildman–Crippen MR) is 463 cm³/mol. The fourth-order valence-corrected chi connectivity index (χ4v) is 18.0. The third kappa shape index (κ3) is 33.4. The van der Waals surface area contributed by atoms with Crippen LogP contribution < -0.4 is 5.32 Å². The highest BCUT2D eigenvalue weighted by atomic mass is 16.8. The number of rotatable bonds is 61. The molecule has 0 aromatic carbocycles. The summed E-state index contributed by atoms with van der Waals surface area (Å²) in [6.45, 7) is -4.49. The van der Waals surface area contributed by atoms with Gasteiger partial charge in [-0.1, -0.05) is 192 Å². The number of aliphatic hydroxyl groups is 26. The molecule has 0 saturated carbocycles. The molecule has 0 bridgehead atoms. The number of allylic oxidation sites excluding steroid dienone is 3. The lowest BCUT2D eigenvalue weighted by molar-refractivity contribution is -0.401. The largest absolute Gasteiger partial charge is 0.394 e. The second kappa shape index (κ2) is 61.4. The van der Waals surface area contributed by atoms with Crippen LogP contribution in [0.2, 0.25) is 0 Å². The summed E-state index contributed by atoms with van der Waals surface area (Å²) in [4.78, 5) is 13.6. The quantitative estimate of drug-likeness (QED) is 0.0200. The monoisotopic (exact) mass is 1940 g/mol. The Kier molecular flexibility index (Phi) is 53.4. The zero-order chi connectivity index (χ0) is 97.7. The first-order valence-electron chi connectivity index (χ1n) is 48.7. The molecular weight excluding hydrogens is 1780 g/mol. The van der Waals surface area contributed by atoms with Crippen LogP contribution in [0.4, 0.5) is 0 Å². The van der Waals surface area contributed by atoms with Crippen LogP contribution in [0.3, 0.4) is 0 Å². The van der Waals surface area contributed by atoms with E-state index in [2.05, 4.69) is 31.3 Å². The van der Waals surface area contributed by atoms with Crippen LogP contribution >= 0.6 is 0 Å². The highest BCUT2D eigenvalue weighted by molar-refractivity contribution is 5.76. The fourth-order valence-electron chi connectivity index (χ4n) is 18.0. The van der Waals surface area contributed by atoms with E-state index in [0.29, 0.717) is 12.8 Å². The van der Waals surface area contributed by atoms with Gasteiger partial charge in [-0.15, -0.1) is 0 Å². The fraction of sp³-hybridized carbons (Fsp3) is 0.944. The van der Waals surface area contributed by atoms with Gasteiger partial charge in [0.15, 0.2) is 50.3 Å². The maximum atomic E-state index is 13.6. The van der Waals surface area contributed by atoms with Gasteiger partial charge in [-0.2, -0.15) is 0 Å². The third-order valence-corrected chi connectivity index (χ3v) is 26.3. The molecule has 0 aromatic rings. The number of carbonyl (C=O) groups is 1. The van der Waals surface area contributed by atoms with Gasteiger partial charge in [0.1, 0.15) is 195 Å². The van der Waals surface area contributed by atoms with E-state index in [9.17, 15) is 138 Å². The van der Waals surface area contributed by atoms with Crippen molar-refractivity contribution in [3.05, 3.63) is 24.3 Å². The Morgan fingerprint density at radius 3 is 0.791 bits per heavy atom. The molecule has 8 rings (SSSR count). The van der Waals surface area contributed by atoms with Gasteiger partial charge < -0.3 is 214 Å². The van der Waals surface area contributed by atoms with Crippen molar-refractivity contribution < 1.29 is 213 Å². The van der Waals surface area contributed by atoms with Gasteiger partial charge in [0.2, 0.25) is 5.91 Å². The Balaban J connectivity index is 0.849. The van der Waals surface area contributed by atoms with E-state index in [1.165, 1.54) is 122 Å². The third-order valence-electron chi connectivity index (χ3n) is 26.3. The molecule has 0 radical (unpaired) electrons. The van der Waals surface area contributed by atoms with Gasteiger partial charge in [-0.05, 0) is 44.9 Å². The molecule has 8 fully saturated rings. The summed E-state index contributed by atoms with van der Waals surface area (Å²) in [5.74, 6) is -0.356. The minimum Gasteiger partial charge on any atom is -0.394 e. The van der Waals surface area contributed by atoms with Crippen LogP contribution in [0.1, 0.15) is 219 Å². The van der Waals surface area contributed by atoms with Crippen molar-refractivity contribution in [2.75, 3.05) is 59.5 Å². The number of ether oxygens (including phenoxy) is 16. The van der Waals surface area contributed by atoms with Crippen molar-refractivity contribution in [1.82, 2.24) is 5.32 Å². The molecule has 134 heavy (non-hydrogen) atoms. The first kappa shape index (κ1) is 117. The highest BCUT2D eigenvalue weighted by Crippen LogP contribution is 2.40. The minimum absolute atomic E-state index is 0.160. The van der Waals surface area contributed by atoms with E-state index in [-0.39, 0.29) is 12.3 Å². The molecule has 784 valence electrons. The zero-order valence-electron chi connectivity index (χ0n) is 77.1. The number of hydrogen-bond donors (Lipinski definition) is 27. The van der Waals surface area contributed by atoms with Gasteiger partial charge in [0.25, 0.3) is 0 Å². The molecule has 8 heterocycles. The van der Waals surface area contributed by atoms with Crippen LogP contribution in [0.5, 0.6) is 0 Å². The lowest BCUT2D eigenvalue weighted by atomic mass is 9.95. The smallest absolute Gasteiger partial charge is 0.220 e. The van der Waals surface area contributed by atoms with Gasteiger partial charge in [-0.3, -0.25) is 4.79 Å². The molecule has 44 heteroatoms. The molecule has 16 unspecified atom stereocenters. The average Bonchev–Trinajstić information content (AvgIpc) is 0.787. The van der Waals surface area contributed by atoms with Crippen LogP contribution in [0.25, 0.3) is 0 Å². The minimum atomic E-state index is -2.39. The lowest BCUT2D eigenvalue weighted by Crippen LogP contribution is -2.69. The zero-order valence-corrected chi connectivity index (χ0v) is 77.1. The van der Waals surface area contributed by atoms with E-state index in [1.54, 1.807) is 6.08 Å². The first-order chi connectivity index (χ1) is 64.5. The molecule has 0 aliphatic carbocycles. The molecule has 44 nitrogen and oxygen atoms in total. The van der Waals surface area contributed by atoms with Crippen LogP contribution in [-0.2, 0) is 80.6 Å². The first-order valence-corrected chi connectivity index (χ1v) is 48.7. The molecule has 1 amide bonds. The second-order valence-electron chi connectivity index (χ2n) is 36.6. The van der Waals surface area contributed by atoms with Crippen molar-refractivity contribution in [3.63, 3.8) is 0 Å². The Hall–Kier alpha value is -2.73. The number of unbranched alkanes of at least 4 members (excludes halogenated alkanes) is 28. The predicted octanol–water partition coefficient (Wildman–Crippen LogP) is -4.95. The maximum absolute atomic E-state index is 13.6. The van der Waals surface area contributed by atoms with E-state index in [4.69, 9.17) is 75.8 Å². The van der Waals surface area contributed by atoms with Crippen LogP contribution in [0, 0.1) is 0 Å². The van der Waals surface area contributed by atoms with Crippen LogP contribution in [-0.4, -0.2) is 456 Å². The van der Waals surface area contributed by atoms with Gasteiger partial charge in [-0.25, -0.2) is 0 Å². The Bertz CT molecular complexity index is 3170. The standard InChI is InChI=1S/C90H161NO43/c1-3-5-7-9-11-13-15-17-18-19-20-21-22-23-24-26-28-30-32-34-36-38-58(101)91-48(49(100)37-35-33-31-29-27-25-16-14-12-10-8-6-4-2)47-119-83-69(112)66(109)76(56(45-98)126-83)128-85-70(113)67(110)77(57(46-99)127-85)129-86-71(114)79(61(104)51(40-93)121-86)131-88-73(116)81(63(106)53(42-95)123-88)133-90-75(118)82(64(107)55(44-97)125-90)134-89-74(117)80(62(105)54(43-96)124-89)132-87-72(115)78(60(103)52(41-94)122-87)130-84-68(111)65(108)59(102)50(39-92)120-84/h17-18,35,37,48-57,59-90,92-100,102-118H,3-16,19-34,36,38-47H2,1-2H3,(H,91,101)/b18-17-,37-35+/t48-,49+,50?,51?,52?,53?,54?,55?,56?,57?,59-,60-,61-,62-,63-,64-,65-,66+,67+,68?,69?,70?,71?,72?,73?,74?,75?,76+,77-,78-,79-,80-,81-,82-,83+,84+,85-,86-,87+,88+,89+,90+/m0/s1. The SMILES string of the molecule is CCCCCCCC/C=C\CCCCCCCCCCCCCC(=O)N[C@@H](CO[C@@H]1OC(CO)[C@@H](O[C@@H]2OC(CO)[C@H](O[C@@H]3OC(CO)[C@H](O)[C@H](O[C@H]4OC(CO)[C@H](O)[C@H](O[C@H]5OC(CO)[C@H](O)[C@H](O[C@H]6OC(CO)[C@H](O)[C@H](O[C@H]7OC(CO)[C@H](O)[C@H](O[C@H]8OC(CO)[C@H](O)[C@H](O)C8O)C7O)C6O)C5O)C4O)C3O)[C@H](O)C2O)[C@H](O)C1O)[C@H](O)/C=C/CCCCCCCCCCCCC. The molecule has 42 atom stereocenters. The molecule has 0 spiro atoms. The number of nitrogens with one attached hydrogen (secondary N) is 1. The van der Waals surface area contributed by atoms with Crippen molar-refractivity contribution in [3.8, 4) is 0 Å². The molecular formula is C90H161NO43. The van der Waals surface area contributed by atoms with Crippen molar-refractivity contribution in [2.45, 2.75) is 477 Å². The molecule has 8 aliphatic heterocycles. The molecule has 27 N–H and O–H groups in total. The number of aliphatic hydroxyl groups excluding tert-OH is 26. The Labute approximate surface area is 782 Å². The molecule has 0 aromatic heterocycles. The molecule has 8 saturated heterocycles. The Morgan fingerprint density at radius 1 is 0.261 bits per heavy atom. The van der Waals surface area contributed by atoms with E-state index in [0.717, 1.165) is 64.2 Å². The normalized spacial score (nSPS) is 40.2. The summed E-state index contributed by atoms with van der Waals surface area (Å²) >= 11 is 0. The van der Waals surface area contributed by atoms with Gasteiger partial charge in [0.05, 0.1) is 71.6 Å². The van der Waals surface area contributed by atoms with E-state index < -0.39 is 317 Å².